The number of carbonyl (C=O) groups is 1. The lowest BCUT2D eigenvalue weighted by atomic mass is 10.0. The molecule has 3 rings (SSSR count). The Hall–Kier alpha value is -2.53. The number of hydrogen-bond acceptors (Lipinski definition) is 4. The number of Topliss-reactive ketones (excluding diaryl/α,β-unsaturated/α-hetero) is 1. The van der Waals surface area contributed by atoms with Crippen LogP contribution in [0.15, 0.2) is 52.7 Å². The number of aryl methyl sites for hydroxylation is 1. The van der Waals surface area contributed by atoms with Crippen LogP contribution in [0.5, 0.6) is 17.2 Å². The topological polar surface area (TPSA) is 44.8 Å². The van der Waals surface area contributed by atoms with Crippen molar-refractivity contribution in [1.29, 1.82) is 0 Å². The summed E-state index contributed by atoms with van der Waals surface area (Å²) in [7, 11) is 1.59. The van der Waals surface area contributed by atoms with Gasteiger partial charge in [-0.25, -0.2) is 0 Å². The van der Waals surface area contributed by atoms with E-state index in [1.54, 1.807) is 19.3 Å². The Labute approximate surface area is 161 Å². The molecule has 0 spiro atoms. The minimum atomic E-state index is -0.147. The molecule has 0 aliphatic carbocycles. The van der Waals surface area contributed by atoms with Crippen molar-refractivity contribution in [2.75, 3.05) is 13.7 Å². The first-order chi connectivity index (χ1) is 12.4. The van der Waals surface area contributed by atoms with Gasteiger partial charge in [0.25, 0.3) is 0 Å². The predicted octanol–water partition coefficient (Wildman–Crippen LogP) is 5.34. The van der Waals surface area contributed by atoms with E-state index in [-0.39, 0.29) is 11.5 Å². The van der Waals surface area contributed by atoms with Crippen LogP contribution in [-0.4, -0.2) is 19.5 Å². The van der Waals surface area contributed by atoms with Gasteiger partial charge < -0.3 is 14.2 Å². The van der Waals surface area contributed by atoms with Crippen molar-refractivity contribution in [2.45, 2.75) is 13.8 Å². The molecule has 1 aliphatic rings. The molecule has 0 unspecified atom stereocenters. The molecule has 5 heteroatoms. The van der Waals surface area contributed by atoms with E-state index in [4.69, 9.17) is 14.2 Å². The molecule has 1 aliphatic heterocycles. The van der Waals surface area contributed by atoms with E-state index in [9.17, 15) is 4.79 Å². The second kappa shape index (κ2) is 7.38. The van der Waals surface area contributed by atoms with Gasteiger partial charge in [-0.2, -0.15) is 0 Å². The van der Waals surface area contributed by atoms with E-state index in [0.717, 1.165) is 21.2 Å². The molecule has 0 fully saturated rings. The van der Waals surface area contributed by atoms with Gasteiger partial charge in [-0.15, -0.1) is 0 Å². The highest BCUT2D eigenvalue weighted by Gasteiger charge is 2.30. The third kappa shape index (κ3) is 3.68. The summed E-state index contributed by atoms with van der Waals surface area (Å²) < 4.78 is 17.8. The second-order valence-corrected chi connectivity index (χ2v) is 7.10. The maximum absolute atomic E-state index is 12.8. The Kier molecular flexibility index (Phi) is 5.18. The van der Waals surface area contributed by atoms with Crippen LogP contribution in [0.25, 0.3) is 6.08 Å². The van der Waals surface area contributed by atoms with Crippen molar-refractivity contribution in [1.82, 2.24) is 0 Å². The average molecular weight is 415 g/mol. The summed E-state index contributed by atoms with van der Waals surface area (Å²) in [6.45, 7) is 8.01. The summed E-state index contributed by atoms with van der Waals surface area (Å²) in [5.41, 5.74) is 3.05. The van der Waals surface area contributed by atoms with Gasteiger partial charge in [0, 0.05) is 16.1 Å². The molecule has 0 N–H and O–H groups in total. The standard InChI is InChI=1S/C21H19BrO4/c1-12(2)11-25-16-7-13(3)20-18(10-16)26-19(21(20)23)9-14-8-15(22)5-6-17(14)24-4/h5-10H,1,11H2,2-4H3/b19-9-. The van der Waals surface area contributed by atoms with Gasteiger partial charge in [-0.3, -0.25) is 4.79 Å². The zero-order chi connectivity index (χ0) is 18.8. The molecular formula is C21H19BrO4. The van der Waals surface area contributed by atoms with Gasteiger partial charge in [-0.05, 0) is 55.3 Å². The van der Waals surface area contributed by atoms with Crippen LogP contribution in [0.4, 0.5) is 0 Å². The Bertz CT molecular complexity index is 928. The van der Waals surface area contributed by atoms with Crippen molar-refractivity contribution in [2.24, 2.45) is 0 Å². The number of benzene rings is 2. The molecule has 0 saturated carbocycles. The molecule has 26 heavy (non-hydrogen) atoms. The maximum Gasteiger partial charge on any atom is 0.232 e. The number of methoxy groups -OCH3 is 1. The maximum atomic E-state index is 12.8. The van der Waals surface area contributed by atoms with Crippen molar-refractivity contribution >= 4 is 27.8 Å². The van der Waals surface area contributed by atoms with Crippen LogP contribution in [0.2, 0.25) is 0 Å². The van der Waals surface area contributed by atoms with Gasteiger partial charge in [0.05, 0.1) is 12.7 Å². The van der Waals surface area contributed by atoms with E-state index in [1.807, 2.05) is 38.1 Å². The zero-order valence-electron chi connectivity index (χ0n) is 14.9. The number of hydrogen-bond donors (Lipinski definition) is 0. The van der Waals surface area contributed by atoms with Gasteiger partial charge in [0.1, 0.15) is 23.9 Å². The van der Waals surface area contributed by atoms with Crippen LogP contribution in [0.3, 0.4) is 0 Å². The highest BCUT2D eigenvalue weighted by molar-refractivity contribution is 9.10. The molecule has 0 aromatic heterocycles. The number of halogens is 1. The van der Waals surface area contributed by atoms with E-state index in [2.05, 4.69) is 22.5 Å². The van der Waals surface area contributed by atoms with E-state index in [1.165, 1.54) is 0 Å². The summed E-state index contributed by atoms with van der Waals surface area (Å²) in [4.78, 5) is 12.8. The monoisotopic (exact) mass is 414 g/mol. The molecule has 0 atom stereocenters. The number of rotatable bonds is 5. The minimum Gasteiger partial charge on any atom is -0.496 e. The van der Waals surface area contributed by atoms with Crippen molar-refractivity contribution < 1.29 is 19.0 Å². The number of fused-ring (bicyclic) bond motifs is 1. The van der Waals surface area contributed by atoms with Gasteiger partial charge in [-0.1, -0.05) is 22.5 Å². The number of carbonyl (C=O) groups excluding carboxylic acids is 1. The van der Waals surface area contributed by atoms with Gasteiger partial charge in [0.15, 0.2) is 5.76 Å². The molecule has 1 heterocycles. The molecule has 2 aromatic carbocycles. The molecule has 0 bridgehead atoms. The fourth-order valence-electron chi connectivity index (χ4n) is 2.73. The molecule has 2 aromatic rings. The number of ether oxygens (including phenoxy) is 3. The zero-order valence-corrected chi connectivity index (χ0v) is 16.5. The smallest absolute Gasteiger partial charge is 0.232 e. The molecular weight excluding hydrogens is 396 g/mol. The Morgan fingerprint density at radius 3 is 2.77 bits per heavy atom. The quantitative estimate of drug-likeness (QED) is 0.489. The van der Waals surface area contributed by atoms with E-state index in [0.29, 0.717) is 29.4 Å². The second-order valence-electron chi connectivity index (χ2n) is 6.19. The highest BCUT2D eigenvalue weighted by Crippen LogP contribution is 2.38. The van der Waals surface area contributed by atoms with E-state index >= 15 is 0 Å². The van der Waals surface area contributed by atoms with Gasteiger partial charge in [0.2, 0.25) is 5.78 Å². The Morgan fingerprint density at radius 1 is 1.31 bits per heavy atom. The van der Waals surface area contributed by atoms with Crippen LogP contribution in [0, 0.1) is 6.92 Å². The summed E-state index contributed by atoms with van der Waals surface area (Å²) in [5, 5.41) is 0. The summed E-state index contributed by atoms with van der Waals surface area (Å²) in [6.07, 6.45) is 1.69. The Balaban J connectivity index is 1.96. The summed E-state index contributed by atoms with van der Waals surface area (Å²) in [6, 6.07) is 9.16. The molecule has 0 saturated heterocycles. The van der Waals surface area contributed by atoms with Crippen molar-refractivity contribution in [3.63, 3.8) is 0 Å². The lowest BCUT2D eigenvalue weighted by Gasteiger charge is -2.08. The van der Waals surface area contributed by atoms with E-state index < -0.39 is 0 Å². The fraction of sp³-hybridized carbons (Fsp3) is 0.190. The summed E-state index contributed by atoms with van der Waals surface area (Å²) >= 11 is 3.43. The molecule has 0 amide bonds. The normalized spacial score (nSPS) is 14.2. The molecule has 4 nitrogen and oxygen atoms in total. The van der Waals surface area contributed by atoms with Crippen LogP contribution in [0.1, 0.15) is 28.4 Å². The third-order valence-corrected chi connectivity index (χ3v) is 4.40. The first-order valence-electron chi connectivity index (χ1n) is 8.08. The SMILES string of the molecule is C=C(C)COc1cc(C)c2c(c1)O/C(=C\c1cc(Br)ccc1OC)C2=O. The summed E-state index contributed by atoms with van der Waals surface area (Å²) in [5.74, 6) is 1.93. The number of allylic oxidation sites excluding steroid dienone is 1. The van der Waals surface area contributed by atoms with Crippen LogP contribution < -0.4 is 14.2 Å². The van der Waals surface area contributed by atoms with Crippen LogP contribution in [-0.2, 0) is 0 Å². The molecule has 134 valence electrons. The lowest BCUT2D eigenvalue weighted by molar-refractivity contribution is 0.101. The molecule has 0 radical (unpaired) electrons. The first kappa shape index (κ1) is 18.3. The fourth-order valence-corrected chi connectivity index (χ4v) is 3.11. The highest BCUT2D eigenvalue weighted by atomic mass is 79.9. The first-order valence-corrected chi connectivity index (χ1v) is 8.88. The Morgan fingerprint density at radius 2 is 2.08 bits per heavy atom. The third-order valence-electron chi connectivity index (χ3n) is 3.91. The predicted molar refractivity (Wildman–Crippen MR) is 105 cm³/mol. The average Bonchev–Trinajstić information content (AvgIpc) is 2.89. The number of ketones is 1. The van der Waals surface area contributed by atoms with Crippen LogP contribution >= 0.6 is 15.9 Å². The minimum absolute atomic E-state index is 0.147. The largest absolute Gasteiger partial charge is 0.496 e. The van der Waals surface area contributed by atoms with Crippen molar-refractivity contribution in [3.05, 3.63) is 69.4 Å². The van der Waals surface area contributed by atoms with Crippen molar-refractivity contribution in [3.8, 4) is 17.2 Å². The lowest BCUT2D eigenvalue weighted by Crippen LogP contribution is -2.01. The van der Waals surface area contributed by atoms with Gasteiger partial charge >= 0.3 is 0 Å².